The summed E-state index contributed by atoms with van der Waals surface area (Å²) < 4.78 is 5.53. The SMILES string of the molecule is CCCOCCC1Cc2ccccc2C1Cl. The van der Waals surface area contributed by atoms with Gasteiger partial charge < -0.3 is 4.74 Å². The summed E-state index contributed by atoms with van der Waals surface area (Å²) in [6.45, 7) is 3.85. The third-order valence-electron chi connectivity index (χ3n) is 3.23. The van der Waals surface area contributed by atoms with Gasteiger partial charge in [-0.3, -0.25) is 0 Å². The number of rotatable bonds is 5. The Morgan fingerprint density at radius 3 is 2.88 bits per heavy atom. The first-order valence-electron chi connectivity index (χ1n) is 6.12. The third kappa shape index (κ3) is 2.58. The zero-order chi connectivity index (χ0) is 11.4. The maximum Gasteiger partial charge on any atom is 0.0620 e. The van der Waals surface area contributed by atoms with Gasteiger partial charge in [0.25, 0.3) is 0 Å². The lowest BCUT2D eigenvalue weighted by molar-refractivity contribution is 0.121. The lowest BCUT2D eigenvalue weighted by Gasteiger charge is -2.13. The van der Waals surface area contributed by atoms with Gasteiger partial charge in [0.05, 0.1) is 5.38 Å². The van der Waals surface area contributed by atoms with Crippen molar-refractivity contribution in [2.45, 2.75) is 31.6 Å². The molecule has 1 aliphatic rings. The molecule has 0 N–H and O–H groups in total. The molecule has 2 atom stereocenters. The van der Waals surface area contributed by atoms with Crippen LogP contribution in [0.1, 0.15) is 36.3 Å². The van der Waals surface area contributed by atoms with Gasteiger partial charge in [-0.15, -0.1) is 11.6 Å². The average Bonchev–Trinajstić information content (AvgIpc) is 2.63. The van der Waals surface area contributed by atoms with Gasteiger partial charge in [-0.2, -0.15) is 0 Å². The molecule has 0 saturated heterocycles. The maximum atomic E-state index is 6.47. The fourth-order valence-corrected chi connectivity index (χ4v) is 2.79. The summed E-state index contributed by atoms with van der Waals surface area (Å²) in [5.41, 5.74) is 2.74. The van der Waals surface area contributed by atoms with E-state index in [1.54, 1.807) is 0 Å². The lowest BCUT2D eigenvalue weighted by Crippen LogP contribution is -2.07. The van der Waals surface area contributed by atoms with Crippen molar-refractivity contribution in [1.29, 1.82) is 0 Å². The van der Waals surface area contributed by atoms with Crippen molar-refractivity contribution < 1.29 is 4.74 Å². The normalized spacial score (nSPS) is 23.4. The van der Waals surface area contributed by atoms with Crippen molar-refractivity contribution in [3.8, 4) is 0 Å². The van der Waals surface area contributed by atoms with Gasteiger partial charge in [0.15, 0.2) is 0 Å². The molecule has 0 spiro atoms. The predicted molar refractivity (Wildman–Crippen MR) is 68.0 cm³/mol. The minimum Gasteiger partial charge on any atom is -0.381 e. The van der Waals surface area contributed by atoms with E-state index in [1.165, 1.54) is 11.1 Å². The van der Waals surface area contributed by atoms with E-state index < -0.39 is 0 Å². The molecule has 0 fully saturated rings. The van der Waals surface area contributed by atoms with Gasteiger partial charge in [0, 0.05) is 13.2 Å². The summed E-state index contributed by atoms with van der Waals surface area (Å²) in [7, 11) is 0. The van der Waals surface area contributed by atoms with E-state index in [0.717, 1.165) is 32.5 Å². The first kappa shape index (κ1) is 11.9. The van der Waals surface area contributed by atoms with E-state index >= 15 is 0 Å². The minimum atomic E-state index is 0.182. The quantitative estimate of drug-likeness (QED) is 0.558. The Morgan fingerprint density at radius 1 is 1.31 bits per heavy atom. The van der Waals surface area contributed by atoms with Gasteiger partial charge in [-0.1, -0.05) is 31.2 Å². The molecule has 0 aliphatic heterocycles. The Bertz CT molecular complexity index is 337. The van der Waals surface area contributed by atoms with Crippen molar-refractivity contribution >= 4 is 11.6 Å². The second-order valence-corrected chi connectivity index (χ2v) is 4.94. The van der Waals surface area contributed by atoms with Crippen LogP contribution in [0.5, 0.6) is 0 Å². The highest BCUT2D eigenvalue weighted by Crippen LogP contribution is 2.42. The maximum absolute atomic E-state index is 6.47. The Labute approximate surface area is 103 Å². The highest BCUT2D eigenvalue weighted by atomic mass is 35.5. The molecule has 1 aromatic carbocycles. The van der Waals surface area contributed by atoms with Crippen LogP contribution < -0.4 is 0 Å². The van der Waals surface area contributed by atoms with Crippen LogP contribution in [0, 0.1) is 5.92 Å². The molecule has 0 bridgehead atoms. The van der Waals surface area contributed by atoms with Crippen LogP contribution in [-0.2, 0) is 11.2 Å². The van der Waals surface area contributed by atoms with E-state index in [2.05, 4.69) is 31.2 Å². The van der Waals surface area contributed by atoms with Gasteiger partial charge >= 0.3 is 0 Å². The van der Waals surface area contributed by atoms with Crippen LogP contribution in [-0.4, -0.2) is 13.2 Å². The van der Waals surface area contributed by atoms with Crippen LogP contribution in [0.2, 0.25) is 0 Å². The molecule has 0 heterocycles. The van der Waals surface area contributed by atoms with Gasteiger partial charge in [0.2, 0.25) is 0 Å². The Kier molecular flexibility index (Phi) is 4.25. The Morgan fingerprint density at radius 2 is 2.12 bits per heavy atom. The summed E-state index contributed by atoms with van der Waals surface area (Å²) in [4.78, 5) is 0. The topological polar surface area (TPSA) is 9.23 Å². The largest absolute Gasteiger partial charge is 0.381 e. The molecule has 88 valence electrons. The van der Waals surface area contributed by atoms with E-state index in [9.17, 15) is 0 Å². The van der Waals surface area contributed by atoms with Crippen LogP contribution in [0.25, 0.3) is 0 Å². The summed E-state index contributed by atoms with van der Waals surface area (Å²) >= 11 is 6.47. The van der Waals surface area contributed by atoms with E-state index in [0.29, 0.717) is 5.92 Å². The second kappa shape index (κ2) is 5.70. The molecule has 2 rings (SSSR count). The highest BCUT2D eigenvalue weighted by Gasteiger charge is 2.29. The fraction of sp³-hybridized carbons (Fsp3) is 0.571. The molecule has 0 amide bonds. The number of ether oxygens (including phenoxy) is 1. The van der Waals surface area contributed by atoms with Crippen molar-refractivity contribution in [2.75, 3.05) is 13.2 Å². The number of halogens is 1. The van der Waals surface area contributed by atoms with Gasteiger partial charge in [0.1, 0.15) is 0 Å². The van der Waals surface area contributed by atoms with Crippen molar-refractivity contribution in [3.63, 3.8) is 0 Å². The third-order valence-corrected chi connectivity index (χ3v) is 3.82. The van der Waals surface area contributed by atoms with Crippen molar-refractivity contribution in [2.24, 2.45) is 5.92 Å². The summed E-state index contributed by atoms with van der Waals surface area (Å²) in [6.07, 6.45) is 3.28. The van der Waals surface area contributed by atoms with Gasteiger partial charge in [-0.25, -0.2) is 0 Å². The first-order chi connectivity index (χ1) is 7.83. The molecule has 1 nitrogen and oxygen atoms in total. The fourth-order valence-electron chi connectivity index (χ4n) is 2.36. The molecule has 2 heteroatoms. The Hall–Kier alpha value is -0.530. The zero-order valence-electron chi connectivity index (χ0n) is 9.79. The number of hydrogen-bond acceptors (Lipinski definition) is 1. The number of hydrogen-bond donors (Lipinski definition) is 0. The van der Waals surface area contributed by atoms with E-state index in [1.807, 2.05) is 0 Å². The average molecular weight is 239 g/mol. The molecule has 1 aromatic rings. The highest BCUT2D eigenvalue weighted by molar-refractivity contribution is 6.21. The predicted octanol–water partition coefficient (Wildman–Crippen LogP) is 3.96. The summed E-state index contributed by atoms with van der Waals surface area (Å²) in [5.74, 6) is 0.552. The number of fused-ring (bicyclic) bond motifs is 1. The van der Waals surface area contributed by atoms with Crippen LogP contribution in [0.3, 0.4) is 0 Å². The smallest absolute Gasteiger partial charge is 0.0620 e. The molecule has 16 heavy (non-hydrogen) atoms. The monoisotopic (exact) mass is 238 g/mol. The molecular weight excluding hydrogens is 220 g/mol. The molecule has 1 aliphatic carbocycles. The van der Waals surface area contributed by atoms with Crippen molar-refractivity contribution in [1.82, 2.24) is 0 Å². The molecule has 0 radical (unpaired) electrons. The van der Waals surface area contributed by atoms with Crippen LogP contribution in [0.15, 0.2) is 24.3 Å². The summed E-state index contributed by atoms with van der Waals surface area (Å²) in [6, 6.07) is 8.51. The molecule has 0 aromatic heterocycles. The van der Waals surface area contributed by atoms with Crippen molar-refractivity contribution in [3.05, 3.63) is 35.4 Å². The minimum absolute atomic E-state index is 0.182. The van der Waals surface area contributed by atoms with Crippen LogP contribution in [0.4, 0.5) is 0 Å². The molecular formula is C14H19ClO. The number of benzene rings is 1. The number of alkyl halides is 1. The van der Waals surface area contributed by atoms with E-state index in [4.69, 9.17) is 16.3 Å². The molecule has 0 saturated carbocycles. The van der Waals surface area contributed by atoms with E-state index in [-0.39, 0.29) is 5.38 Å². The van der Waals surface area contributed by atoms with Crippen LogP contribution >= 0.6 is 11.6 Å². The Balaban J connectivity index is 1.87. The lowest BCUT2D eigenvalue weighted by atomic mass is 10.0. The summed E-state index contributed by atoms with van der Waals surface area (Å²) in [5, 5.41) is 0.182. The standard InChI is InChI=1S/C14H19ClO/c1-2-8-16-9-7-12-10-11-5-3-4-6-13(11)14(12)15/h3-6,12,14H,2,7-10H2,1H3. The zero-order valence-corrected chi connectivity index (χ0v) is 10.5. The molecule has 2 unspecified atom stereocenters. The second-order valence-electron chi connectivity index (χ2n) is 4.47. The van der Waals surface area contributed by atoms with Gasteiger partial charge in [-0.05, 0) is 36.3 Å². The first-order valence-corrected chi connectivity index (χ1v) is 6.56.